The van der Waals surface area contributed by atoms with Crippen LogP contribution in [-0.4, -0.2) is 79.7 Å². The number of ether oxygens (including phenoxy) is 1. The highest BCUT2D eigenvalue weighted by molar-refractivity contribution is 5.78. The Morgan fingerprint density at radius 1 is 1.26 bits per heavy atom. The molecule has 3 aromatic rings. The second-order valence-electron chi connectivity index (χ2n) is 8.50. The molecule has 2 aliphatic rings. The molecule has 4 heterocycles. The molecule has 2 atom stereocenters. The number of tetrazole rings is 1. The van der Waals surface area contributed by atoms with E-state index in [0.29, 0.717) is 37.5 Å². The van der Waals surface area contributed by atoms with E-state index in [2.05, 4.69) is 25.4 Å². The Kier molecular flexibility index (Phi) is 6.00. The van der Waals surface area contributed by atoms with Gasteiger partial charge in [-0.3, -0.25) is 14.7 Å². The summed E-state index contributed by atoms with van der Waals surface area (Å²) in [4.78, 5) is 21.5. The third-order valence-electron chi connectivity index (χ3n) is 6.52. The normalized spacial score (nSPS) is 20.6. The van der Waals surface area contributed by atoms with Crippen LogP contribution >= 0.6 is 0 Å². The Labute approximate surface area is 195 Å². The van der Waals surface area contributed by atoms with Crippen LogP contribution in [0.5, 0.6) is 0 Å². The number of pyridine rings is 1. The highest BCUT2D eigenvalue weighted by Crippen LogP contribution is 2.31. The third-order valence-corrected chi connectivity index (χ3v) is 6.52. The number of rotatable bonds is 4. The summed E-state index contributed by atoms with van der Waals surface area (Å²) in [5.74, 6) is -0.485. The lowest BCUT2D eigenvalue weighted by molar-refractivity contribution is -0.139. The summed E-state index contributed by atoms with van der Waals surface area (Å²) in [6, 6.07) is 8.71. The van der Waals surface area contributed by atoms with E-state index < -0.39 is 5.82 Å². The van der Waals surface area contributed by atoms with Crippen LogP contribution in [0.25, 0.3) is 5.69 Å². The molecule has 1 aromatic carbocycles. The number of morpholine rings is 1. The van der Waals surface area contributed by atoms with Gasteiger partial charge >= 0.3 is 0 Å². The molecule has 0 radical (unpaired) electrons. The maximum Gasteiger partial charge on any atom is 0.228 e. The average molecular weight is 462 g/mol. The zero-order valence-electron chi connectivity index (χ0n) is 18.6. The van der Waals surface area contributed by atoms with Crippen LogP contribution in [-0.2, 0) is 16.0 Å². The smallest absolute Gasteiger partial charge is 0.228 e. The molecule has 2 saturated heterocycles. The summed E-state index contributed by atoms with van der Waals surface area (Å²) in [7, 11) is 0. The first-order chi connectivity index (χ1) is 16.5. The van der Waals surface area contributed by atoms with Gasteiger partial charge in [-0.05, 0) is 46.7 Å². The zero-order chi connectivity index (χ0) is 23.7. The molecule has 0 spiro atoms. The Morgan fingerprint density at radius 3 is 2.88 bits per heavy atom. The molecule has 5 rings (SSSR count). The minimum absolute atomic E-state index is 0.0255. The van der Waals surface area contributed by atoms with E-state index in [-0.39, 0.29) is 30.0 Å². The largest absolute Gasteiger partial charge is 0.370 e. The highest BCUT2D eigenvalue weighted by atomic mass is 19.1. The maximum absolute atomic E-state index is 13.9. The fourth-order valence-electron chi connectivity index (χ4n) is 4.58. The van der Waals surface area contributed by atoms with Crippen molar-refractivity contribution in [2.24, 2.45) is 0 Å². The van der Waals surface area contributed by atoms with Gasteiger partial charge in [0.05, 0.1) is 42.6 Å². The van der Waals surface area contributed by atoms with Crippen molar-refractivity contribution in [1.29, 1.82) is 5.26 Å². The lowest BCUT2D eigenvalue weighted by atomic mass is 9.96. The number of halogens is 1. The standard InChI is InChI=1S/C23H23FN8O2/c1-15-19(4-5-21(24)20(15)9-25)22-12-30-6-7-31(11-18(30)13-34-22)23(33)8-16-2-3-17(10-26-16)32-14-27-28-29-32/h2-5,10,14,18,22H,6-8,11-13H2,1H3/t18?,22-/m0/s1. The molecular formula is C23H23FN8O2. The number of nitriles is 1. The number of piperazine rings is 1. The fraction of sp³-hybridized carbons (Fsp3) is 0.391. The van der Waals surface area contributed by atoms with E-state index >= 15 is 0 Å². The molecule has 0 aliphatic carbocycles. The monoisotopic (exact) mass is 462 g/mol. The van der Waals surface area contributed by atoms with Crippen molar-refractivity contribution < 1.29 is 13.9 Å². The van der Waals surface area contributed by atoms with E-state index in [4.69, 9.17) is 4.74 Å². The predicted molar refractivity (Wildman–Crippen MR) is 117 cm³/mol. The summed E-state index contributed by atoms with van der Waals surface area (Å²) in [6.07, 6.45) is 3.12. The third kappa shape index (κ3) is 4.25. The SMILES string of the molecule is Cc1c([C@@H]2CN3CCN(C(=O)Cc4ccc(-n5cnnn5)cn4)CC3CO2)ccc(F)c1C#N. The molecule has 0 N–H and O–H groups in total. The van der Waals surface area contributed by atoms with Crippen LogP contribution in [0.4, 0.5) is 4.39 Å². The molecule has 2 fully saturated rings. The van der Waals surface area contributed by atoms with E-state index in [1.807, 2.05) is 17.0 Å². The molecule has 11 heteroatoms. The number of amides is 1. The van der Waals surface area contributed by atoms with E-state index in [0.717, 1.165) is 17.8 Å². The Morgan fingerprint density at radius 2 is 2.15 bits per heavy atom. The molecule has 1 amide bonds. The summed E-state index contributed by atoms with van der Waals surface area (Å²) < 4.78 is 21.5. The van der Waals surface area contributed by atoms with Gasteiger partial charge in [-0.2, -0.15) is 9.94 Å². The molecular weight excluding hydrogens is 439 g/mol. The number of carbonyl (C=O) groups is 1. The first-order valence-electron chi connectivity index (χ1n) is 11.0. The van der Waals surface area contributed by atoms with Crippen molar-refractivity contribution in [3.05, 3.63) is 65.0 Å². The Bertz CT molecular complexity index is 1230. The predicted octanol–water partition coefficient (Wildman–Crippen LogP) is 1.20. The summed E-state index contributed by atoms with van der Waals surface area (Å²) in [5, 5.41) is 20.3. The van der Waals surface area contributed by atoms with Crippen molar-refractivity contribution in [3.8, 4) is 11.8 Å². The Hall–Kier alpha value is -3.75. The van der Waals surface area contributed by atoms with Gasteiger partial charge in [-0.25, -0.2) is 4.39 Å². The second kappa shape index (κ2) is 9.24. The minimum atomic E-state index is -0.510. The number of hydrogen-bond donors (Lipinski definition) is 0. The number of aromatic nitrogens is 5. The molecule has 1 unspecified atom stereocenters. The van der Waals surface area contributed by atoms with Gasteiger partial charge in [0.15, 0.2) is 0 Å². The topological polar surface area (TPSA) is 113 Å². The van der Waals surface area contributed by atoms with E-state index in [1.165, 1.54) is 17.1 Å². The van der Waals surface area contributed by atoms with Crippen LogP contribution in [0.2, 0.25) is 0 Å². The number of fused-ring (bicyclic) bond motifs is 1. The molecule has 2 aromatic heterocycles. The van der Waals surface area contributed by atoms with Crippen molar-refractivity contribution in [1.82, 2.24) is 35.0 Å². The quantitative estimate of drug-likeness (QED) is 0.569. The van der Waals surface area contributed by atoms with Crippen LogP contribution in [0, 0.1) is 24.1 Å². The highest BCUT2D eigenvalue weighted by Gasteiger charge is 2.36. The van der Waals surface area contributed by atoms with Gasteiger partial charge < -0.3 is 9.64 Å². The van der Waals surface area contributed by atoms with Crippen LogP contribution in [0.15, 0.2) is 36.8 Å². The van der Waals surface area contributed by atoms with E-state index in [1.54, 1.807) is 25.3 Å². The lowest BCUT2D eigenvalue weighted by Crippen LogP contribution is -2.59. The van der Waals surface area contributed by atoms with Gasteiger partial charge in [0, 0.05) is 31.9 Å². The molecule has 34 heavy (non-hydrogen) atoms. The van der Waals surface area contributed by atoms with Crippen molar-refractivity contribution in [2.75, 3.05) is 32.8 Å². The Balaban J connectivity index is 1.19. The number of benzene rings is 1. The number of carbonyl (C=O) groups excluding carboxylic acids is 1. The molecule has 2 aliphatic heterocycles. The van der Waals surface area contributed by atoms with Crippen LogP contribution < -0.4 is 0 Å². The van der Waals surface area contributed by atoms with Gasteiger partial charge in [0.1, 0.15) is 18.2 Å². The molecule has 0 bridgehead atoms. The molecule has 10 nitrogen and oxygen atoms in total. The van der Waals surface area contributed by atoms with Gasteiger partial charge in [-0.1, -0.05) is 6.07 Å². The molecule has 174 valence electrons. The fourth-order valence-corrected chi connectivity index (χ4v) is 4.58. The van der Waals surface area contributed by atoms with Crippen molar-refractivity contribution in [2.45, 2.75) is 25.5 Å². The van der Waals surface area contributed by atoms with Crippen LogP contribution in [0.3, 0.4) is 0 Å². The van der Waals surface area contributed by atoms with Gasteiger partial charge in [0.25, 0.3) is 0 Å². The first-order valence-corrected chi connectivity index (χ1v) is 11.0. The summed E-state index contributed by atoms with van der Waals surface area (Å²) in [6.45, 7) is 4.80. The van der Waals surface area contributed by atoms with E-state index in [9.17, 15) is 14.4 Å². The van der Waals surface area contributed by atoms with Gasteiger partial charge in [0.2, 0.25) is 5.91 Å². The lowest BCUT2D eigenvalue weighted by Gasteiger charge is -2.46. The maximum atomic E-state index is 13.9. The van der Waals surface area contributed by atoms with Crippen LogP contribution in [0.1, 0.15) is 28.5 Å². The second-order valence-corrected chi connectivity index (χ2v) is 8.50. The number of hydrogen-bond acceptors (Lipinski definition) is 8. The summed E-state index contributed by atoms with van der Waals surface area (Å²) in [5.41, 5.74) is 2.94. The van der Waals surface area contributed by atoms with Crippen molar-refractivity contribution >= 4 is 5.91 Å². The number of nitrogens with zero attached hydrogens (tertiary/aromatic N) is 8. The molecule has 0 saturated carbocycles. The first kappa shape index (κ1) is 22.1. The van der Waals surface area contributed by atoms with Crippen molar-refractivity contribution in [3.63, 3.8) is 0 Å². The minimum Gasteiger partial charge on any atom is -0.370 e. The van der Waals surface area contributed by atoms with Gasteiger partial charge in [-0.15, -0.1) is 5.10 Å². The summed E-state index contributed by atoms with van der Waals surface area (Å²) >= 11 is 0. The zero-order valence-corrected chi connectivity index (χ0v) is 18.6. The average Bonchev–Trinajstić information content (AvgIpc) is 3.39.